The molecule has 2 bridgehead atoms. The first-order valence-corrected chi connectivity index (χ1v) is 7.70. The molecule has 3 heterocycles. The molecular weight excluding hydrogens is 276 g/mol. The van der Waals surface area contributed by atoms with Gasteiger partial charge in [0.05, 0.1) is 11.3 Å². The van der Waals surface area contributed by atoms with Crippen molar-refractivity contribution in [2.24, 2.45) is 0 Å². The van der Waals surface area contributed by atoms with Crippen LogP contribution in [-0.4, -0.2) is 20.8 Å². The number of nitrogens with zero attached hydrogens (tertiary/aromatic N) is 3. The summed E-state index contributed by atoms with van der Waals surface area (Å²) in [5.74, 6) is 0.929. The van der Waals surface area contributed by atoms with Crippen molar-refractivity contribution in [3.8, 4) is 11.4 Å². The summed E-state index contributed by atoms with van der Waals surface area (Å²) < 4.78 is 6.29. The number of benzene rings is 1. The highest BCUT2D eigenvalue weighted by atomic mass is 16.5. The fourth-order valence-electron chi connectivity index (χ4n) is 3.81. The molecule has 0 saturated carbocycles. The smallest absolute Gasteiger partial charge is 0.182 e. The molecule has 2 atom stereocenters. The molecule has 0 radical (unpaired) electrons. The number of hydrogen-bond acceptors (Lipinski definition) is 5. The van der Waals surface area contributed by atoms with Gasteiger partial charge in [0.1, 0.15) is 11.3 Å². The van der Waals surface area contributed by atoms with E-state index in [-0.39, 0.29) is 17.1 Å². The Kier molecular flexibility index (Phi) is 2.64. The second-order valence-electron chi connectivity index (χ2n) is 7.02. The Morgan fingerprint density at radius 2 is 1.86 bits per heavy atom. The average molecular weight is 296 g/mol. The Morgan fingerprint density at radius 3 is 2.55 bits per heavy atom. The number of hydrogen-bond donors (Lipinski definition) is 1. The van der Waals surface area contributed by atoms with Gasteiger partial charge >= 0.3 is 0 Å². The van der Waals surface area contributed by atoms with Crippen molar-refractivity contribution in [3.63, 3.8) is 0 Å². The molecule has 1 saturated heterocycles. The third-order valence-corrected chi connectivity index (χ3v) is 4.95. The number of aromatic nitrogens is 3. The highest BCUT2D eigenvalue weighted by Crippen LogP contribution is 2.54. The lowest BCUT2D eigenvalue weighted by Crippen LogP contribution is -2.52. The molecular formula is C17H20N4O. The largest absolute Gasteiger partial charge is 0.399 e. The minimum atomic E-state index is -0.368. The van der Waals surface area contributed by atoms with Crippen LogP contribution in [0, 0.1) is 0 Å². The summed E-state index contributed by atoms with van der Waals surface area (Å²) in [7, 11) is 0. The van der Waals surface area contributed by atoms with Gasteiger partial charge in [0.2, 0.25) is 0 Å². The summed E-state index contributed by atoms with van der Waals surface area (Å²) >= 11 is 0. The number of fused-ring (bicyclic) bond motifs is 2. The van der Waals surface area contributed by atoms with E-state index in [0.29, 0.717) is 5.82 Å². The van der Waals surface area contributed by atoms with Gasteiger partial charge in [0.15, 0.2) is 5.82 Å². The first-order chi connectivity index (χ1) is 10.4. The third-order valence-electron chi connectivity index (χ3n) is 4.95. The Labute approximate surface area is 129 Å². The minimum Gasteiger partial charge on any atom is -0.399 e. The second kappa shape index (κ2) is 4.26. The van der Waals surface area contributed by atoms with Crippen molar-refractivity contribution in [3.05, 3.63) is 35.7 Å². The fraction of sp³-hybridized carbons (Fsp3) is 0.471. The van der Waals surface area contributed by atoms with Crippen LogP contribution in [0.4, 0.5) is 5.69 Å². The molecule has 5 rings (SSSR count). The number of ether oxygens (including phenoxy) is 1. The molecule has 5 heteroatoms. The number of nitrogen functional groups attached to an aromatic ring is 1. The van der Waals surface area contributed by atoms with E-state index in [1.54, 1.807) is 0 Å². The SMILES string of the molecule is CC12CCC(c3nc(-c4ccc(N)cc4)nnc31)C(C)(C)O2. The Morgan fingerprint density at radius 1 is 1.14 bits per heavy atom. The second-order valence-corrected chi connectivity index (χ2v) is 7.02. The predicted octanol–water partition coefficient (Wildman–Crippen LogP) is 3.02. The number of rotatable bonds is 1. The van der Waals surface area contributed by atoms with Crippen LogP contribution in [0.1, 0.15) is 50.9 Å². The number of anilines is 1. The average Bonchev–Trinajstić information content (AvgIpc) is 2.46. The number of nitrogens with two attached hydrogens (primary N) is 1. The summed E-state index contributed by atoms with van der Waals surface area (Å²) in [6.45, 7) is 6.38. The van der Waals surface area contributed by atoms with Gasteiger partial charge in [0.25, 0.3) is 0 Å². The first-order valence-electron chi connectivity index (χ1n) is 7.70. The van der Waals surface area contributed by atoms with E-state index in [2.05, 4.69) is 31.0 Å². The lowest BCUT2D eigenvalue weighted by Gasteiger charge is -2.52. The van der Waals surface area contributed by atoms with Crippen molar-refractivity contribution in [1.29, 1.82) is 0 Å². The lowest BCUT2D eigenvalue weighted by atomic mass is 9.69. The molecule has 2 aromatic rings. The van der Waals surface area contributed by atoms with Crippen molar-refractivity contribution in [2.75, 3.05) is 5.73 Å². The molecule has 22 heavy (non-hydrogen) atoms. The topological polar surface area (TPSA) is 73.9 Å². The maximum atomic E-state index is 6.29. The van der Waals surface area contributed by atoms with Gasteiger partial charge in [-0.3, -0.25) is 0 Å². The van der Waals surface area contributed by atoms with E-state index >= 15 is 0 Å². The Hall–Kier alpha value is -2.01. The summed E-state index contributed by atoms with van der Waals surface area (Å²) in [4.78, 5) is 4.84. The van der Waals surface area contributed by atoms with E-state index in [4.69, 9.17) is 15.5 Å². The molecule has 3 aliphatic rings. The molecule has 0 spiro atoms. The van der Waals surface area contributed by atoms with Crippen LogP contribution >= 0.6 is 0 Å². The van der Waals surface area contributed by atoms with Gasteiger partial charge in [-0.05, 0) is 57.9 Å². The summed E-state index contributed by atoms with van der Waals surface area (Å²) in [6, 6.07) is 7.59. The molecule has 1 aromatic heterocycles. The van der Waals surface area contributed by atoms with Gasteiger partial charge in [-0.1, -0.05) is 0 Å². The molecule has 1 aromatic carbocycles. The van der Waals surface area contributed by atoms with Gasteiger partial charge in [-0.15, -0.1) is 10.2 Å². The molecule has 114 valence electrons. The van der Waals surface area contributed by atoms with Crippen LogP contribution in [0.2, 0.25) is 0 Å². The van der Waals surface area contributed by atoms with E-state index in [0.717, 1.165) is 35.5 Å². The zero-order valence-corrected chi connectivity index (χ0v) is 13.1. The van der Waals surface area contributed by atoms with Crippen LogP contribution in [0.15, 0.2) is 24.3 Å². The highest BCUT2D eigenvalue weighted by Gasteiger charge is 2.54. The Bertz CT molecular complexity index is 741. The van der Waals surface area contributed by atoms with E-state index in [1.165, 1.54) is 0 Å². The monoisotopic (exact) mass is 296 g/mol. The van der Waals surface area contributed by atoms with Crippen LogP contribution in [0.3, 0.4) is 0 Å². The van der Waals surface area contributed by atoms with E-state index < -0.39 is 0 Å². The normalized spacial score (nSPS) is 28.4. The van der Waals surface area contributed by atoms with Crippen LogP contribution < -0.4 is 5.73 Å². The van der Waals surface area contributed by atoms with Crippen LogP contribution in [-0.2, 0) is 10.3 Å². The molecule has 2 unspecified atom stereocenters. The standard InChI is InChI=1S/C17H20N4O/c1-16(2)12-8-9-17(3,22-16)14-13(12)19-15(21-20-14)10-4-6-11(18)7-5-10/h4-7,12H,8-9,18H2,1-3H3. The predicted molar refractivity (Wildman–Crippen MR) is 84.2 cm³/mol. The molecule has 1 aliphatic carbocycles. The fourth-order valence-corrected chi connectivity index (χ4v) is 3.81. The molecule has 5 nitrogen and oxygen atoms in total. The highest BCUT2D eigenvalue weighted by molar-refractivity contribution is 5.58. The van der Waals surface area contributed by atoms with Crippen molar-refractivity contribution >= 4 is 5.69 Å². The van der Waals surface area contributed by atoms with E-state index in [1.807, 2.05) is 24.3 Å². The Balaban J connectivity index is 1.85. The molecule has 2 N–H and O–H groups in total. The quantitative estimate of drug-likeness (QED) is 0.819. The first kappa shape index (κ1) is 13.6. The van der Waals surface area contributed by atoms with Gasteiger partial charge in [-0.25, -0.2) is 4.98 Å². The van der Waals surface area contributed by atoms with Gasteiger partial charge in [0, 0.05) is 17.2 Å². The summed E-state index contributed by atoms with van der Waals surface area (Å²) in [6.07, 6.45) is 2.06. The zero-order valence-electron chi connectivity index (χ0n) is 13.1. The van der Waals surface area contributed by atoms with Crippen molar-refractivity contribution in [1.82, 2.24) is 15.2 Å². The van der Waals surface area contributed by atoms with Crippen molar-refractivity contribution in [2.45, 2.75) is 50.7 Å². The van der Waals surface area contributed by atoms with Gasteiger partial charge in [-0.2, -0.15) is 0 Å². The molecule has 0 amide bonds. The van der Waals surface area contributed by atoms with E-state index in [9.17, 15) is 0 Å². The molecule has 2 aliphatic heterocycles. The van der Waals surface area contributed by atoms with Crippen LogP contribution in [0.25, 0.3) is 11.4 Å². The van der Waals surface area contributed by atoms with Crippen LogP contribution in [0.5, 0.6) is 0 Å². The third kappa shape index (κ3) is 1.85. The van der Waals surface area contributed by atoms with Gasteiger partial charge < -0.3 is 10.5 Å². The molecule has 1 fully saturated rings. The summed E-state index contributed by atoms with van der Waals surface area (Å²) in [5, 5.41) is 8.79. The summed E-state index contributed by atoms with van der Waals surface area (Å²) in [5.41, 5.74) is 8.79. The maximum Gasteiger partial charge on any atom is 0.182 e. The lowest BCUT2D eigenvalue weighted by molar-refractivity contribution is -0.199. The minimum absolute atomic E-state index is 0.214. The van der Waals surface area contributed by atoms with Crippen molar-refractivity contribution < 1.29 is 4.74 Å². The maximum absolute atomic E-state index is 6.29. The zero-order chi connectivity index (χ0) is 15.5.